The van der Waals surface area contributed by atoms with Crippen LogP contribution < -0.4 is 9.62 Å². The lowest BCUT2D eigenvalue weighted by Gasteiger charge is -2.27. The molecule has 0 heterocycles. The highest BCUT2D eigenvalue weighted by Gasteiger charge is 2.29. The third-order valence-corrected chi connectivity index (χ3v) is 7.77. The molecule has 0 unspecified atom stereocenters. The SMILES string of the molecule is CCOC(=O)c1cccc(NC(=O)c2ccccc2N(Cc2ccccc2)S(=O)(=O)c2ccccc2)c1C. The van der Waals surface area contributed by atoms with Gasteiger partial charge in [0.1, 0.15) is 0 Å². The van der Waals surface area contributed by atoms with Gasteiger partial charge in [-0.2, -0.15) is 0 Å². The Hall–Kier alpha value is -4.43. The Balaban J connectivity index is 1.75. The van der Waals surface area contributed by atoms with Gasteiger partial charge in [-0.05, 0) is 61.4 Å². The van der Waals surface area contributed by atoms with Gasteiger partial charge in [0.25, 0.3) is 15.9 Å². The third-order valence-electron chi connectivity index (χ3n) is 5.99. The first-order valence-corrected chi connectivity index (χ1v) is 13.6. The zero-order chi connectivity index (χ0) is 27.1. The number of carbonyl (C=O) groups is 2. The van der Waals surface area contributed by atoms with Crippen molar-refractivity contribution in [3.63, 3.8) is 0 Å². The second-order valence-electron chi connectivity index (χ2n) is 8.48. The number of carbonyl (C=O) groups excluding carboxylic acids is 2. The van der Waals surface area contributed by atoms with E-state index in [0.29, 0.717) is 16.8 Å². The Morgan fingerprint density at radius 1 is 0.789 bits per heavy atom. The summed E-state index contributed by atoms with van der Waals surface area (Å²) in [6.45, 7) is 3.70. The third kappa shape index (κ3) is 5.76. The van der Waals surface area contributed by atoms with Crippen molar-refractivity contribution in [1.82, 2.24) is 0 Å². The standard InChI is InChI=1S/C30H28N2O5S/c1-3-37-30(34)25-18-12-19-27(22(25)2)31-29(33)26-17-10-11-20-28(26)32(21-23-13-6-4-7-14-23)38(35,36)24-15-8-5-9-16-24/h4-20H,3,21H2,1-2H3,(H,31,33). The summed E-state index contributed by atoms with van der Waals surface area (Å²) in [4.78, 5) is 26.0. The Morgan fingerprint density at radius 3 is 2.08 bits per heavy atom. The summed E-state index contributed by atoms with van der Waals surface area (Å²) in [5.41, 5.74) is 2.49. The Bertz CT molecular complexity index is 1540. The minimum absolute atomic E-state index is 0.0275. The van der Waals surface area contributed by atoms with E-state index < -0.39 is 21.9 Å². The number of amides is 1. The molecule has 4 rings (SSSR count). The summed E-state index contributed by atoms with van der Waals surface area (Å²) < 4.78 is 34.1. The molecule has 1 N–H and O–H groups in total. The lowest BCUT2D eigenvalue weighted by Crippen LogP contribution is -2.32. The molecule has 38 heavy (non-hydrogen) atoms. The van der Waals surface area contributed by atoms with Gasteiger partial charge in [-0.3, -0.25) is 9.10 Å². The average molecular weight is 529 g/mol. The molecular formula is C30H28N2O5S. The van der Waals surface area contributed by atoms with Crippen LogP contribution in [0, 0.1) is 6.92 Å². The molecule has 0 spiro atoms. The van der Waals surface area contributed by atoms with Crippen LogP contribution in [0.15, 0.2) is 108 Å². The van der Waals surface area contributed by atoms with Crippen molar-refractivity contribution in [2.24, 2.45) is 0 Å². The summed E-state index contributed by atoms with van der Waals surface area (Å²) in [5, 5.41) is 2.85. The Labute approximate surface area is 222 Å². The smallest absolute Gasteiger partial charge is 0.338 e. The maximum atomic E-state index is 13.8. The molecule has 0 bridgehead atoms. The van der Waals surface area contributed by atoms with Crippen molar-refractivity contribution in [1.29, 1.82) is 0 Å². The largest absolute Gasteiger partial charge is 0.462 e. The number of sulfonamides is 1. The molecule has 0 aliphatic heterocycles. The number of anilines is 2. The van der Waals surface area contributed by atoms with E-state index in [1.165, 1.54) is 16.4 Å². The fraction of sp³-hybridized carbons (Fsp3) is 0.133. The van der Waals surface area contributed by atoms with Gasteiger partial charge in [0, 0.05) is 5.69 Å². The van der Waals surface area contributed by atoms with Gasteiger partial charge in [0.15, 0.2) is 0 Å². The molecule has 4 aromatic carbocycles. The van der Waals surface area contributed by atoms with E-state index in [1.807, 2.05) is 30.3 Å². The van der Waals surface area contributed by atoms with Crippen molar-refractivity contribution in [2.75, 3.05) is 16.2 Å². The van der Waals surface area contributed by atoms with E-state index >= 15 is 0 Å². The predicted molar refractivity (Wildman–Crippen MR) is 148 cm³/mol. The molecule has 7 nitrogen and oxygen atoms in total. The first-order valence-electron chi connectivity index (χ1n) is 12.1. The monoisotopic (exact) mass is 528 g/mol. The quantitative estimate of drug-likeness (QED) is 0.276. The molecule has 194 valence electrons. The van der Waals surface area contributed by atoms with Gasteiger partial charge in [-0.25, -0.2) is 13.2 Å². The number of esters is 1. The first kappa shape index (κ1) is 26.6. The molecule has 0 aliphatic rings. The maximum Gasteiger partial charge on any atom is 0.338 e. The molecular weight excluding hydrogens is 500 g/mol. The molecule has 8 heteroatoms. The van der Waals surface area contributed by atoms with Gasteiger partial charge in [-0.15, -0.1) is 0 Å². The number of hydrogen-bond donors (Lipinski definition) is 1. The van der Waals surface area contributed by atoms with Crippen LogP contribution in [0.3, 0.4) is 0 Å². The predicted octanol–water partition coefficient (Wildman–Crippen LogP) is 5.82. The lowest BCUT2D eigenvalue weighted by atomic mass is 10.1. The molecule has 0 fully saturated rings. The number of ether oxygens (including phenoxy) is 1. The second-order valence-corrected chi connectivity index (χ2v) is 10.3. The maximum absolute atomic E-state index is 13.8. The van der Waals surface area contributed by atoms with E-state index in [-0.39, 0.29) is 29.3 Å². The van der Waals surface area contributed by atoms with Crippen LogP contribution in [0.25, 0.3) is 0 Å². The van der Waals surface area contributed by atoms with Crippen molar-refractivity contribution >= 4 is 33.3 Å². The van der Waals surface area contributed by atoms with Crippen LogP contribution in [-0.4, -0.2) is 26.9 Å². The molecule has 4 aromatic rings. The van der Waals surface area contributed by atoms with Gasteiger partial charge in [-0.1, -0.05) is 66.7 Å². The van der Waals surface area contributed by atoms with Crippen LogP contribution in [0.5, 0.6) is 0 Å². The minimum Gasteiger partial charge on any atom is -0.462 e. The number of nitrogens with one attached hydrogen (secondary N) is 1. The molecule has 0 aromatic heterocycles. The number of rotatable bonds is 9. The minimum atomic E-state index is -4.02. The van der Waals surface area contributed by atoms with Gasteiger partial charge < -0.3 is 10.1 Å². The molecule has 0 saturated carbocycles. The van der Waals surface area contributed by atoms with E-state index in [2.05, 4.69) is 5.32 Å². The number of hydrogen-bond acceptors (Lipinski definition) is 5. The molecule has 0 radical (unpaired) electrons. The summed E-state index contributed by atoms with van der Waals surface area (Å²) in [7, 11) is -4.02. The summed E-state index contributed by atoms with van der Waals surface area (Å²) in [5.74, 6) is -0.990. The van der Waals surface area contributed by atoms with Gasteiger partial charge in [0.2, 0.25) is 0 Å². The molecule has 0 atom stereocenters. The Morgan fingerprint density at radius 2 is 1.39 bits per heavy atom. The van der Waals surface area contributed by atoms with Crippen LogP contribution in [-0.2, 0) is 21.3 Å². The van der Waals surface area contributed by atoms with Crippen molar-refractivity contribution in [2.45, 2.75) is 25.3 Å². The summed E-state index contributed by atoms with van der Waals surface area (Å²) >= 11 is 0. The molecule has 0 saturated heterocycles. The normalized spacial score (nSPS) is 11.0. The van der Waals surface area contributed by atoms with Crippen LogP contribution >= 0.6 is 0 Å². The molecule has 1 amide bonds. The van der Waals surface area contributed by atoms with Crippen molar-refractivity contribution in [3.05, 3.63) is 125 Å². The topological polar surface area (TPSA) is 92.8 Å². The Kier molecular flexibility index (Phi) is 8.23. The van der Waals surface area contributed by atoms with Gasteiger partial charge >= 0.3 is 5.97 Å². The van der Waals surface area contributed by atoms with E-state index in [1.54, 1.807) is 74.5 Å². The highest BCUT2D eigenvalue weighted by molar-refractivity contribution is 7.92. The lowest BCUT2D eigenvalue weighted by molar-refractivity contribution is 0.0525. The van der Waals surface area contributed by atoms with Crippen molar-refractivity contribution in [3.8, 4) is 0 Å². The first-order chi connectivity index (χ1) is 18.3. The van der Waals surface area contributed by atoms with Crippen molar-refractivity contribution < 1.29 is 22.7 Å². The number of para-hydroxylation sites is 1. The highest BCUT2D eigenvalue weighted by atomic mass is 32.2. The number of nitrogens with zero attached hydrogens (tertiary/aromatic N) is 1. The summed E-state index contributed by atoms with van der Waals surface area (Å²) in [6, 6.07) is 28.8. The average Bonchev–Trinajstić information content (AvgIpc) is 2.94. The highest BCUT2D eigenvalue weighted by Crippen LogP contribution is 2.30. The van der Waals surface area contributed by atoms with Crippen LogP contribution in [0.4, 0.5) is 11.4 Å². The zero-order valence-corrected chi connectivity index (χ0v) is 21.9. The van der Waals surface area contributed by atoms with E-state index in [4.69, 9.17) is 4.74 Å². The zero-order valence-electron chi connectivity index (χ0n) is 21.1. The summed E-state index contributed by atoms with van der Waals surface area (Å²) in [6.07, 6.45) is 0. The van der Waals surface area contributed by atoms with Crippen LogP contribution in [0.1, 0.15) is 38.8 Å². The number of benzene rings is 4. The molecule has 0 aliphatic carbocycles. The fourth-order valence-electron chi connectivity index (χ4n) is 4.04. The fourth-order valence-corrected chi connectivity index (χ4v) is 5.54. The van der Waals surface area contributed by atoms with E-state index in [0.717, 1.165) is 5.56 Å². The van der Waals surface area contributed by atoms with E-state index in [9.17, 15) is 18.0 Å². The second kappa shape index (κ2) is 11.7. The van der Waals surface area contributed by atoms with Gasteiger partial charge in [0.05, 0.1) is 34.9 Å². The van der Waals surface area contributed by atoms with Crippen LogP contribution in [0.2, 0.25) is 0 Å².